The average molecular weight is 257 g/mol. The highest BCUT2D eigenvalue weighted by atomic mass is 15.1. The summed E-state index contributed by atoms with van der Waals surface area (Å²) >= 11 is 0. The number of anilines is 2. The van der Waals surface area contributed by atoms with E-state index in [0.29, 0.717) is 0 Å². The molecule has 2 aromatic rings. The number of rotatable bonds is 5. The summed E-state index contributed by atoms with van der Waals surface area (Å²) in [4.78, 5) is 12.9. The van der Waals surface area contributed by atoms with Gasteiger partial charge < -0.3 is 10.6 Å². The molecule has 0 aromatic carbocycles. The van der Waals surface area contributed by atoms with Crippen LogP contribution in [0, 0.1) is 13.8 Å². The van der Waals surface area contributed by atoms with Gasteiger partial charge in [0.2, 0.25) is 0 Å². The van der Waals surface area contributed by atoms with E-state index < -0.39 is 0 Å². The van der Waals surface area contributed by atoms with Crippen LogP contribution in [0.5, 0.6) is 0 Å². The lowest BCUT2D eigenvalue weighted by Gasteiger charge is -2.12. The molecule has 0 saturated heterocycles. The van der Waals surface area contributed by atoms with E-state index in [9.17, 15) is 0 Å². The fourth-order valence-electron chi connectivity index (χ4n) is 1.92. The summed E-state index contributed by atoms with van der Waals surface area (Å²) in [7, 11) is 1.87. The molecule has 0 aliphatic heterocycles. The summed E-state index contributed by atoms with van der Waals surface area (Å²) < 4.78 is 0. The van der Waals surface area contributed by atoms with Gasteiger partial charge in [-0.2, -0.15) is 0 Å². The second kappa shape index (κ2) is 6.13. The van der Waals surface area contributed by atoms with Crippen LogP contribution >= 0.6 is 0 Å². The van der Waals surface area contributed by atoms with Gasteiger partial charge in [0.1, 0.15) is 17.5 Å². The lowest BCUT2D eigenvalue weighted by Crippen LogP contribution is -2.11. The highest BCUT2D eigenvalue weighted by Gasteiger charge is 2.07. The lowest BCUT2D eigenvalue weighted by molar-refractivity contribution is 0.964. The van der Waals surface area contributed by atoms with E-state index in [1.165, 1.54) is 5.56 Å². The fraction of sp³-hybridized carbons (Fsp3) is 0.357. The Bertz CT molecular complexity index is 539. The minimum atomic E-state index is 0.763. The van der Waals surface area contributed by atoms with Crippen LogP contribution < -0.4 is 10.6 Å². The minimum Gasteiger partial charge on any atom is -0.373 e. The number of nitrogens with one attached hydrogen (secondary N) is 2. The number of aryl methyl sites for hydroxylation is 1. The number of pyridine rings is 1. The van der Waals surface area contributed by atoms with E-state index in [1.54, 1.807) is 6.20 Å². The topological polar surface area (TPSA) is 62.7 Å². The van der Waals surface area contributed by atoms with Gasteiger partial charge in [-0.1, -0.05) is 6.07 Å². The number of hydrogen-bond acceptors (Lipinski definition) is 5. The monoisotopic (exact) mass is 257 g/mol. The Morgan fingerprint density at radius 2 is 1.95 bits per heavy atom. The first kappa shape index (κ1) is 13.3. The smallest absolute Gasteiger partial charge is 0.134 e. The standard InChI is InChI=1S/C14H19N5/c1-10-13(15-3)18-11(2)19-14(10)17-8-6-12-5-4-7-16-9-12/h4-5,7,9H,6,8H2,1-3H3,(H2,15,17,18,19). The number of aromatic nitrogens is 3. The molecule has 2 N–H and O–H groups in total. The van der Waals surface area contributed by atoms with Crippen LogP contribution in [0.3, 0.4) is 0 Å². The van der Waals surface area contributed by atoms with Crippen LogP contribution in [0.4, 0.5) is 11.6 Å². The fourth-order valence-corrected chi connectivity index (χ4v) is 1.92. The van der Waals surface area contributed by atoms with Crippen molar-refractivity contribution in [2.75, 3.05) is 24.2 Å². The Hall–Kier alpha value is -2.17. The number of hydrogen-bond donors (Lipinski definition) is 2. The van der Waals surface area contributed by atoms with Gasteiger partial charge in [0.05, 0.1) is 0 Å². The molecule has 0 radical (unpaired) electrons. The van der Waals surface area contributed by atoms with E-state index in [2.05, 4.69) is 31.7 Å². The van der Waals surface area contributed by atoms with Gasteiger partial charge in [-0.05, 0) is 31.9 Å². The molecule has 0 aliphatic rings. The molecule has 2 heterocycles. The predicted molar refractivity (Wildman–Crippen MR) is 77.5 cm³/mol. The van der Waals surface area contributed by atoms with Gasteiger partial charge in [-0.25, -0.2) is 9.97 Å². The molecule has 2 aromatic heterocycles. The van der Waals surface area contributed by atoms with Gasteiger partial charge in [-0.3, -0.25) is 4.98 Å². The van der Waals surface area contributed by atoms with Crippen molar-refractivity contribution >= 4 is 11.6 Å². The molecule has 5 nitrogen and oxygen atoms in total. The average Bonchev–Trinajstić information content (AvgIpc) is 2.43. The van der Waals surface area contributed by atoms with Crippen molar-refractivity contribution in [2.45, 2.75) is 20.3 Å². The molecule has 19 heavy (non-hydrogen) atoms. The van der Waals surface area contributed by atoms with Crippen LogP contribution in [-0.4, -0.2) is 28.5 Å². The van der Waals surface area contributed by atoms with Gasteiger partial charge in [-0.15, -0.1) is 0 Å². The predicted octanol–water partition coefficient (Wildman–Crippen LogP) is 2.18. The van der Waals surface area contributed by atoms with Crippen LogP contribution in [0.25, 0.3) is 0 Å². The zero-order chi connectivity index (χ0) is 13.7. The summed E-state index contributed by atoms with van der Waals surface area (Å²) in [6.45, 7) is 4.73. The zero-order valence-corrected chi connectivity index (χ0v) is 11.6. The molecule has 0 atom stereocenters. The van der Waals surface area contributed by atoms with E-state index in [-0.39, 0.29) is 0 Å². The van der Waals surface area contributed by atoms with Crippen LogP contribution in [0.15, 0.2) is 24.5 Å². The molecular formula is C14H19N5. The first-order chi connectivity index (χ1) is 9.20. The SMILES string of the molecule is CNc1nc(C)nc(NCCc2cccnc2)c1C. The molecule has 100 valence electrons. The Morgan fingerprint density at radius 3 is 2.63 bits per heavy atom. The third kappa shape index (κ3) is 3.40. The van der Waals surface area contributed by atoms with Gasteiger partial charge in [0, 0.05) is 31.5 Å². The normalized spacial score (nSPS) is 10.3. The van der Waals surface area contributed by atoms with E-state index >= 15 is 0 Å². The van der Waals surface area contributed by atoms with Crippen LogP contribution in [0.1, 0.15) is 17.0 Å². The van der Waals surface area contributed by atoms with Gasteiger partial charge in [0.15, 0.2) is 0 Å². The second-order valence-electron chi connectivity index (χ2n) is 4.38. The summed E-state index contributed by atoms with van der Waals surface area (Å²) in [5.74, 6) is 2.52. The summed E-state index contributed by atoms with van der Waals surface area (Å²) in [5.41, 5.74) is 2.26. The van der Waals surface area contributed by atoms with Gasteiger partial charge >= 0.3 is 0 Å². The van der Waals surface area contributed by atoms with Crippen molar-refractivity contribution in [2.24, 2.45) is 0 Å². The number of nitrogens with zero attached hydrogens (tertiary/aromatic N) is 3. The largest absolute Gasteiger partial charge is 0.373 e. The maximum atomic E-state index is 4.43. The molecule has 5 heteroatoms. The molecule has 0 spiro atoms. The lowest BCUT2D eigenvalue weighted by atomic mass is 10.2. The van der Waals surface area contributed by atoms with Crippen LogP contribution in [0.2, 0.25) is 0 Å². The maximum Gasteiger partial charge on any atom is 0.134 e. The Labute approximate surface area is 113 Å². The first-order valence-electron chi connectivity index (χ1n) is 6.36. The Kier molecular flexibility index (Phi) is 4.28. The summed E-state index contributed by atoms with van der Waals surface area (Å²) in [6, 6.07) is 4.03. The highest BCUT2D eigenvalue weighted by molar-refractivity contribution is 5.56. The molecule has 0 amide bonds. The maximum absolute atomic E-state index is 4.43. The van der Waals surface area contributed by atoms with Crippen molar-refractivity contribution in [3.05, 3.63) is 41.5 Å². The summed E-state index contributed by atoms with van der Waals surface area (Å²) in [6.07, 6.45) is 4.60. The third-order valence-corrected chi connectivity index (χ3v) is 2.92. The Balaban J connectivity index is 2.02. The van der Waals surface area contributed by atoms with Crippen molar-refractivity contribution in [3.8, 4) is 0 Å². The minimum absolute atomic E-state index is 0.763. The first-order valence-corrected chi connectivity index (χ1v) is 6.36. The molecule has 0 unspecified atom stereocenters. The highest BCUT2D eigenvalue weighted by Crippen LogP contribution is 2.19. The van der Waals surface area contributed by atoms with Crippen molar-refractivity contribution < 1.29 is 0 Å². The zero-order valence-electron chi connectivity index (χ0n) is 11.6. The van der Waals surface area contributed by atoms with Crippen molar-refractivity contribution in [1.82, 2.24) is 15.0 Å². The molecular weight excluding hydrogens is 238 g/mol. The summed E-state index contributed by atoms with van der Waals surface area (Å²) in [5, 5.41) is 6.44. The second-order valence-corrected chi connectivity index (χ2v) is 4.38. The van der Waals surface area contributed by atoms with Crippen LogP contribution in [-0.2, 0) is 6.42 Å². The quantitative estimate of drug-likeness (QED) is 0.859. The van der Waals surface area contributed by atoms with E-state index in [4.69, 9.17) is 0 Å². The van der Waals surface area contributed by atoms with Crippen molar-refractivity contribution in [3.63, 3.8) is 0 Å². The molecule has 2 rings (SSSR count). The van der Waals surface area contributed by atoms with Crippen molar-refractivity contribution in [1.29, 1.82) is 0 Å². The molecule has 0 aliphatic carbocycles. The third-order valence-electron chi connectivity index (χ3n) is 2.92. The molecule has 0 bridgehead atoms. The molecule has 0 saturated carbocycles. The van der Waals surface area contributed by atoms with Gasteiger partial charge in [0.25, 0.3) is 0 Å². The Morgan fingerprint density at radius 1 is 1.16 bits per heavy atom. The molecule has 0 fully saturated rings. The van der Waals surface area contributed by atoms with E-state index in [1.807, 2.05) is 33.2 Å². The van der Waals surface area contributed by atoms with E-state index in [0.717, 1.165) is 36.0 Å².